The van der Waals surface area contributed by atoms with E-state index in [4.69, 9.17) is 5.73 Å². The van der Waals surface area contributed by atoms with Gasteiger partial charge in [0.25, 0.3) is 0 Å². The summed E-state index contributed by atoms with van der Waals surface area (Å²) in [5, 5.41) is 2.64. The van der Waals surface area contributed by atoms with Gasteiger partial charge in [0.15, 0.2) is 0 Å². The van der Waals surface area contributed by atoms with Gasteiger partial charge in [0.2, 0.25) is 12.3 Å². The molecule has 3 N–H and O–H groups in total. The van der Waals surface area contributed by atoms with Crippen LogP contribution in [0.25, 0.3) is 0 Å². The maximum atomic E-state index is 11.0. The molecule has 0 spiro atoms. The van der Waals surface area contributed by atoms with Crippen molar-refractivity contribution >= 4 is 12.3 Å². The summed E-state index contributed by atoms with van der Waals surface area (Å²) < 4.78 is 0. The Morgan fingerprint density at radius 2 is 1.48 bits per heavy atom. The molecule has 3 aromatic rings. The molecular formula is C24H28FeN2O2-6. The van der Waals surface area contributed by atoms with Crippen molar-refractivity contribution in [2.75, 3.05) is 0 Å². The molecule has 29 heavy (non-hydrogen) atoms. The molecule has 2 fully saturated rings. The molecule has 160 valence electrons. The maximum Gasteiger partial charge on any atom is 0.248 e. The first-order valence-electron chi connectivity index (χ1n) is 9.64. The molecule has 0 bridgehead atoms. The van der Waals surface area contributed by atoms with Gasteiger partial charge >= 0.3 is 0 Å². The van der Waals surface area contributed by atoms with E-state index in [-0.39, 0.29) is 23.0 Å². The average Bonchev–Trinajstić information content (AvgIpc) is 3.58. The normalized spacial score (nSPS) is 13.5. The second kappa shape index (κ2) is 14.4. The van der Waals surface area contributed by atoms with Crippen LogP contribution in [-0.2, 0) is 21.9 Å². The number of primary amides is 1. The zero-order valence-electron chi connectivity index (χ0n) is 16.4. The predicted molar refractivity (Wildman–Crippen MR) is 113 cm³/mol. The predicted octanol–water partition coefficient (Wildman–Crippen LogP) is 4.37. The second-order valence-corrected chi connectivity index (χ2v) is 6.71. The van der Waals surface area contributed by atoms with Gasteiger partial charge in [-0.25, -0.2) is 12.1 Å². The molecule has 0 aromatic heterocycles. The van der Waals surface area contributed by atoms with E-state index in [1.807, 2.05) is 78.9 Å². The summed E-state index contributed by atoms with van der Waals surface area (Å²) in [5.74, 6) is 0.284. The quantitative estimate of drug-likeness (QED) is 0.365. The van der Waals surface area contributed by atoms with Gasteiger partial charge in [-0.1, -0.05) is 18.2 Å². The van der Waals surface area contributed by atoms with Gasteiger partial charge in [0, 0.05) is 28.7 Å². The molecule has 4 nitrogen and oxygen atoms in total. The minimum absolute atomic E-state index is 0. The second-order valence-electron chi connectivity index (χ2n) is 6.71. The standard InChI is InChI=1S/C10H11NO.2C5H5.C4H7NO.Fe/c11-10(12)9-4-2-1-3-8(9)7-5-6-7;2*1-2-4-5-3-1;6-3-5-4-1-2-4;/h1-4,7H,5-6H2,(H2,11,12);2*1-5H;3-4H,1-2H2,(H,5,6);/q;-5;-1;;. The summed E-state index contributed by atoms with van der Waals surface area (Å²) in [6, 6.07) is 28.1. The van der Waals surface area contributed by atoms with Gasteiger partial charge in [-0.05, 0) is 43.2 Å². The van der Waals surface area contributed by atoms with Crippen LogP contribution >= 0.6 is 0 Å². The van der Waals surface area contributed by atoms with Crippen LogP contribution in [0.15, 0.2) is 84.9 Å². The van der Waals surface area contributed by atoms with Crippen molar-refractivity contribution in [1.29, 1.82) is 0 Å². The van der Waals surface area contributed by atoms with E-state index >= 15 is 0 Å². The van der Waals surface area contributed by atoms with Crippen molar-refractivity contribution in [3.8, 4) is 0 Å². The summed E-state index contributed by atoms with van der Waals surface area (Å²) in [6.07, 6.45) is 5.52. The number of hydrogen-bond donors (Lipinski definition) is 2. The van der Waals surface area contributed by atoms with Crippen molar-refractivity contribution in [2.24, 2.45) is 5.73 Å². The molecular weight excluding hydrogens is 404 g/mol. The molecule has 0 radical (unpaired) electrons. The number of amides is 2. The molecule has 0 atom stereocenters. The number of nitrogens with two attached hydrogens (primary N) is 1. The number of nitrogens with one attached hydrogen (secondary N) is 1. The van der Waals surface area contributed by atoms with E-state index in [2.05, 4.69) is 5.32 Å². The number of rotatable bonds is 4. The van der Waals surface area contributed by atoms with Crippen LogP contribution in [0, 0.1) is 0 Å². The first-order chi connectivity index (χ1) is 13.7. The summed E-state index contributed by atoms with van der Waals surface area (Å²) in [7, 11) is 0. The third-order valence-corrected chi connectivity index (χ3v) is 4.24. The first kappa shape index (κ1) is 24.4. The Morgan fingerprint density at radius 1 is 0.931 bits per heavy atom. The fourth-order valence-electron chi connectivity index (χ4n) is 2.46. The molecule has 2 amide bonds. The van der Waals surface area contributed by atoms with Crippen LogP contribution in [0.2, 0.25) is 0 Å². The van der Waals surface area contributed by atoms with E-state index in [1.165, 1.54) is 25.7 Å². The molecule has 0 heterocycles. The van der Waals surface area contributed by atoms with E-state index in [0.29, 0.717) is 17.5 Å². The molecule has 2 saturated carbocycles. The van der Waals surface area contributed by atoms with Crippen LogP contribution < -0.4 is 11.1 Å². The van der Waals surface area contributed by atoms with Crippen LogP contribution in [0.1, 0.15) is 47.5 Å². The molecule has 0 saturated heterocycles. The van der Waals surface area contributed by atoms with E-state index in [9.17, 15) is 9.59 Å². The van der Waals surface area contributed by atoms with Crippen molar-refractivity contribution in [2.45, 2.75) is 37.6 Å². The maximum absolute atomic E-state index is 11.0. The Labute approximate surface area is 183 Å². The Kier molecular flexibility index (Phi) is 12.1. The zero-order chi connectivity index (χ0) is 20.0. The molecule has 2 aliphatic rings. The largest absolute Gasteiger partial charge is 0.748 e. The molecule has 0 unspecified atom stereocenters. The Hall–Kier alpha value is -2.62. The third-order valence-electron chi connectivity index (χ3n) is 4.24. The molecule has 2 aliphatic carbocycles. The van der Waals surface area contributed by atoms with E-state index in [0.717, 1.165) is 12.0 Å². The molecule has 5 rings (SSSR count). The smallest absolute Gasteiger partial charge is 0.248 e. The van der Waals surface area contributed by atoms with E-state index in [1.54, 1.807) is 6.07 Å². The zero-order valence-corrected chi connectivity index (χ0v) is 17.5. The number of carbonyl (C=O) groups is 2. The Balaban J connectivity index is 0.000000209. The topological polar surface area (TPSA) is 72.2 Å². The summed E-state index contributed by atoms with van der Waals surface area (Å²) in [6.45, 7) is 0. The van der Waals surface area contributed by atoms with Gasteiger partial charge in [0.1, 0.15) is 0 Å². The third kappa shape index (κ3) is 11.1. The van der Waals surface area contributed by atoms with Crippen molar-refractivity contribution in [3.05, 3.63) is 96.1 Å². The van der Waals surface area contributed by atoms with Gasteiger partial charge in [-0.15, -0.1) is 0 Å². The van der Waals surface area contributed by atoms with Gasteiger partial charge in [0.05, 0.1) is 0 Å². The Morgan fingerprint density at radius 3 is 1.83 bits per heavy atom. The van der Waals surface area contributed by atoms with Crippen LogP contribution in [0.5, 0.6) is 0 Å². The van der Waals surface area contributed by atoms with Crippen LogP contribution in [0.4, 0.5) is 0 Å². The van der Waals surface area contributed by atoms with Crippen molar-refractivity contribution in [3.63, 3.8) is 0 Å². The summed E-state index contributed by atoms with van der Waals surface area (Å²) in [5.41, 5.74) is 7.07. The fourth-order valence-corrected chi connectivity index (χ4v) is 2.46. The van der Waals surface area contributed by atoms with Crippen molar-refractivity contribution < 1.29 is 26.7 Å². The molecule has 5 heteroatoms. The Bertz CT molecular complexity index is 716. The molecule has 0 aliphatic heterocycles. The summed E-state index contributed by atoms with van der Waals surface area (Å²) in [4.78, 5) is 20.5. The first-order valence-corrected chi connectivity index (χ1v) is 9.64. The average molecular weight is 432 g/mol. The van der Waals surface area contributed by atoms with Gasteiger partial charge < -0.3 is 41.4 Å². The van der Waals surface area contributed by atoms with Crippen LogP contribution in [0.3, 0.4) is 0 Å². The fraction of sp³-hybridized carbons (Fsp3) is 0.250. The van der Waals surface area contributed by atoms with Crippen LogP contribution in [-0.4, -0.2) is 18.4 Å². The van der Waals surface area contributed by atoms with E-state index < -0.39 is 0 Å². The minimum Gasteiger partial charge on any atom is -0.748 e. The molecule has 3 aromatic carbocycles. The minimum atomic E-state index is -0.308. The number of benzene rings is 1. The van der Waals surface area contributed by atoms with Gasteiger partial charge in [-0.3, -0.25) is 9.59 Å². The SMILES string of the molecule is NC(=O)c1ccccc1C1CC1.O=CNC1CC1.[Fe].[cH-]1[cH-][cH-][cH-][cH-]1.c1cc[cH-]c1. The summed E-state index contributed by atoms with van der Waals surface area (Å²) >= 11 is 0. The monoisotopic (exact) mass is 432 g/mol. The van der Waals surface area contributed by atoms with Gasteiger partial charge in [-0.2, -0.15) is 18.2 Å². The van der Waals surface area contributed by atoms with Crippen molar-refractivity contribution in [1.82, 2.24) is 5.32 Å². The number of hydrogen-bond acceptors (Lipinski definition) is 2. The number of carbonyl (C=O) groups excluding carboxylic acids is 2.